The van der Waals surface area contributed by atoms with E-state index in [9.17, 15) is 20.4 Å². The average Bonchev–Trinajstić information content (AvgIpc) is 3.12. The molecule has 1 aliphatic carbocycles. The molecule has 0 unspecified atom stereocenters. The fraction of sp³-hybridized carbons (Fsp3) is 0.167. The van der Waals surface area contributed by atoms with Crippen molar-refractivity contribution < 1.29 is 20.4 Å². The van der Waals surface area contributed by atoms with Gasteiger partial charge in [0, 0.05) is 34.6 Å². The van der Waals surface area contributed by atoms with Gasteiger partial charge in [-0.25, -0.2) is 0 Å². The van der Waals surface area contributed by atoms with Crippen molar-refractivity contribution in [3.63, 3.8) is 0 Å². The molecule has 252 valence electrons. The van der Waals surface area contributed by atoms with Crippen molar-refractivity contribution in [3.8, 4) is 23.0 Å². The number of phenolic OH excluding ortho intramolecular Hbond substituents is 4. The van der Waals surface area contributed by atoms with E-state index in [4.69, 9.17) is 19.9 Å². The highest BCUT2D eigenvalue weighted by Crippen LogP contribution is 2.39. The lowest BCUT2D eigenvalue weighted by atomic mass is 9.81. The molecule has 0 bridgehead atoms. The molecule has 7 rings (SSSR count). The number of hydrogen-bond acceptors (Lipinski definition) is 14. The van der Waals surface area contributed by atoms with Gasteiger partial charge in [0.05, 0.1) is 0 Å². The summed E-state index contributed by atoms with van der Waals surface area (Å²) in [6, 6.07) is 26.6. The van der Waals surface area contributed by atoms with E-state index in [1.807, 2.05) is 0 Å². The summed E-state index contributed by atoms with van der Waals surface area (Å²) < 4.78 is 0. The summed E-state index contributed by atoms with van der Waals surface area (Å²) in [5, 5.41) is 51.7. The standard InChI is InChI=1S/C36H34N10O4/c47-27-13-5-23(6-14-27)37-33-41-31(42-34(45-33)38-24-7-15-28(48)16-8-24)21-1-2-22(4-3-21)32-43-35(39-25-9-17-29(49)18-10-25)46-36(44-32)40-26-11-19-30(50)20-12-26/h5-22,47-50H,1-4H2,(H2,37,38,41,42,45)(H2,39,40,43,44,46). The van der Waals surface area contributed by atoms with Gasteiger partial charge in [0.15, 0.2) is 0 Å². The Morgan fingerprint density at radius 2 is 0.560 bits per heavy atom. The monoisotopic (exact) mass is 670 g/mol. The van der Waals surface area contributed by atoms with Crippen LogP contribution in [0, 0.1) is 0 Å². The van der Waals surface area contributed by atoms with Crippen LogP contribution in [-0.2, 0) is 0 Å². The number of rotatable bonds is 10. The maximum atomic E-state index is 9.72. The van der Waals surface area contributed by atoms with Crippen LogP contribution in [0.2, 0.25) is 0 Å². The Hall–Kier alpha value is -6.70. The summed E-state index contributed by atoms with van der Waals surface area (Å²) in [4.78, 5) is 28.3. The van der Waals surface area contributed by atoms with Crippen molar-refractivity contribution in [1.82, 2.24) is 29.9 Å². The van der Waals surface area contributed by atoms with E-state index < -0.39 is 0 Å². The number of nitrogens with zero attached hydrogens (tertiary/aromatic N) is 6. The van der Waals surface area contributed by atoms with Gasteiger partial charge < -0.3 is 41.7 Å². The van der Waals surface area contributed by atoms with Crippen LogP contribution in [0.1, 0.15) is 49.2 Å². The molecule has 1 saturated carbocycles. The van der Waals surface area contributed by atoms with Crippen LogP contribution in [0.4, 0.5) is 46.5 Å². The largest absolute Gasteiger partial charge is 0.508 e. The van der Waals surface area contributed by atoms with Crippen molar-refractivity contribution in [2.75, 3.05) is 21.3 Å². The van der Waals surface area contributed by atoms with Crippen molar-refractivity contribution >= 4 is 46.5 Å². The predicted molar refractivity (Wildman–Crippen MR) is 189 cm³/mol. The average molecular weight is 671 g/mol. The van der Waals surface area contributed by atoms with E-state index >= 15 is 0 Å². The lowest BCUT2D eigenvalue weighted by molar-refractivity contribution is 0.375. The van der Waals surface area contributed by atoms with Crippen LogP contribution in [0.5, 0.6) is 23.0 Å². The maximum absolute atomic E-state index is 9.72. The molecule has 8 N–H and O–H groups in total. The van der Waals surface area contributed by atoms with Gasteiger partial charge in [-0.2, -0.15) is 29.9 Å². The Kier molecular flexibility index (Phi) is 9.05. The van der Waals surface area contributed by atoms with Crippen LogP contribution in [0.25, 0.3) is 0 Å². The van der Waals surface area contributed by atoms with Gasteiger partial charge in [-0.3, -0.25) is 0 Å². The van der Waals surface area contributed by atoms with Crippen LogP contribution in [0.3, 0.4) is 0 Å². The smallest absolute Gasteiger partial charge is 0.232 e. The Morgan fingerprint density at radius 1 is 0.340 bits per heavy atom. The maximum Gasteiger partial charge on any atom is 0.232 e. The Balaban J connectivity index is 1.12. The van der Waals surface area contributed by atoms with Gasteiger partial charge in [-0.05, 0) is 123 Å². The van der Waals surface area contributed by atoms with Gasteiger partial charge in [-0.1, -0.05) is 0 Å². The molecule has 0 amide bonds. The number of hydrogen-bond donors (Lipinski definition) is 8. The molecule has 0 radical (unpaired) electrons. The second-order valence-corrected chi connectivity index (χ2v) is 11.9. The molecule has 0 atom stereocenters. The fourth-order valence-corrected chi connectivity index (χ4v) is 5.68. The van der Waals surface area contributed by atoms with Gasteiger partial charge >= 0.3 is 0 Å². The van der Waals surface area contributed by atoms with Gasteiger partial charge in [0.2, 0.25) is 23.8 Å². The molecule has 0 spiro atoms. The third-order valence-corrected chi connectivity index (χ3v) is 8.26. The summed E-state index contributed by atoms with van der Waals surface area (Å²) in [5.74, 6) is 3.42. The topological polar surface area (TPSA) is 206 Å². The normalized spacial score (nSPS) is 15.6. The van der Waals surface area contributed by atoms with Crippen LogP contribution in [0.15, 0.2) is 97.1 Å². The molecule has 2 heterocycles. The number of anilines is 8. The zero-order chi connectivity index (χ0) is 34.5. The van der Waals surface area contributed by atoms with Crippen molar-refractivity contribution in [2.45, 2.75) is 37.5 Å². The zero-order valence-electron chi connectivity index (χ0n) is 26.7. The Bertz CT molecular complexity index is 1770. The summed E-state index contributed by atoms with van der Waals surface area (Å²) in [5.41, 5.74) is 2.84. The molecular formula is C36H34N10O4. The molecule has 1 fully saturated rings. The van der Waals surface area contributed by atoms with Crippen molar-refractivity contribution in [2.24, 2.45) is 0 Å². The molecule has 4 aromatic carbocycles. The van der Waals surface area contributed by atoms with Gasteiger partial charge in [0.25, 0.3) is 0 Å². The summed E-state index contributed by atoms with van der Waals surface area (Å²) in [6.45, 7) is 0. The zero-order valence-corrected chi connectivity index (χ0v) is 26.7. The Labute approximate surface area is 287 Å². The van der Waals surface area contributed by atoms with Crippen molar-refractivity contribution in [3.05, 3.63) is 109 Å². The number of benzene rings is 4. The lowest BCUT2D eigenvalue weighted by Crippen LogP contribution is -2.18. The highest BCUT2D eigenvalue weighted by Gasteiger charge is 2.29. The number of aromatic nitrogens is 6. The minimum atomic E-state index is 0.0426. The molecular weight excluding hydrogens is 636 g/mol. The SMILES string of the molecule is Oc1ccc(Nc2nc(Nc3ccc(O)cc3)nc(C3CCC(c4nc(Nc5ccc(O)cc5)nc(Nc5ccc(O)cc5)n4)CC3)n2)cc1. The minimum absolute atomic E-state index is 0.0426. The molecule has 1 aliphatic rings. The molecule has 0 aliphatic heterocycles. The minimum Gasteiger partial charge on any atom is -0.508 e. The third kappa shape index (κ3) is 8.05. The van der Waals surface area contributed by atoms with E-state index in [2.05, 4.69) is 31.2 Å². The quantitative estimate of drug-likeness (QED) is 0.0674. The van der Waals surface area contributed by atoms with Crippen LogP contribution in [-0.4, -0.2) is 50.3 Å². The van der Waals surface area contributed by atoms with E-state index in [1.165, 1.54) is 0 Å². The molecule has 6 aromatic rings. The first-order valence-electron chi connectivity index (χ1n) is 16.1. The highest BCUT2D eigenvalue weighted by atomic mass is 16.3. The van der Waals surface area contributed by atoms with Crippen LogP contribution < -0.4 is 21.3 Å². The first-order valence-corrected chi connectivity index (χ1v) is 16.1. The lowest BCUT2D eigenvalue weighted by Gasteiger charge is -2.27. The Morgan fingerprint density at radius 3 is 0.780 bits per heavy atom. The number of nitrogens with one attached hydrogen (secondary N) is 4. The molecule has 0 saturated heterocycles. The third-order valence-electron chi connectivity index (χ3n) is 8.26. The number of aromatic hydroxyl groups is 4. The molecule has 50 heavy (non-hydrogen) atoms. The highest BCUT2D eigenvalue weighted by molar-refractivity contribution is 5.60. The fourth-order valence-electron chi connectivity index (χ4n) is 5.68. The predicted octanol–water partition coefficient (Wildman–Crippen LogP) is 7.29. The molecule has 14 nitrogen and oxygen atoms in total. The first kappa shape index (κ1) is 31.9. The van der Waals surface area contributed by atoms with E-state index in [1.54, 1.807) is 97.1 Å². The van der Waals surface area contributed by atoms with E-state index in [0.29, 0.717) is 58.2 Å². The number of phenols is 4. The van der Waals surface area contributed by atoms with Crippen LogP contribution >= 0.6 is 0 Å². The summed E-state index contributed by atoms with van der Waals surface area (Å²) >= 11 is 0. The van der Waals surface area contributed by atoms with E-state index in [0.717, 1.165) is 25.7 Å². The first-order chi connectivity index (χ1) is 24.3. The molecule has 2 aromatic heterocycles. The second kappa shape index (κ2) is 14.2. The van der Waals surface area contributed by atoms with Gasteiger partial charge in [0.1, 0.15) is 34.6 Å². The second-order valence-electron chi connectivity index (χ2n) is 11.9. The molecule has 14 heteroatoms. The van der Waals surface area contributed by atoms with Crippen molar-refractivity contribution in [1.29, 1.82) is 0 Å². The van der Waals surface area contributed by atoms with Gasteiger partial charge in [-0.15, -0.1) is 0 Å². The van der Waals surface area contributed by atoms with E-state index in [-0.39, 0.29) is 34.8 Å². The summed E-state index contributed by atoms with van der Waals surface area (Å²) in [7, 11) is 0. The summed E-state index contributed by atoms with van der Waals surface area (Å²) in [6.07, 6.45) is 3.11.